The highest BCUT2D eigenvalue weighted by atomic mass is 32.2. The zero-order chi connectivity index (χ0) is 25.2. The Balaban J connectivity index is 1.38. The quantitative estimate of drug-likeness (QED) is 0.554. The molecule has 3 aliphatic heterocycles. The third kappa shape index (κ3) is 4.56. The van der Waals surface area contributed by atoms with Gasteiger partial charge in [-0.2, -0.15) is 0 Å². The first-order valence-electron chi connectivity index (χ1n) is 11.4. The van der Waals surface area contributed by atoms with Crippen molar-refractivity contribution in [3.05, 3.63) is 81.8 Å². The van der Waals surface area contributed by atoms with Gasteiger partial charge in [0.25, 0.3) is 0 Å². The smallest absolute Gasteiger partial charge is 0.338 e. The molecule has 5 rings (SSSR count). The molecule has 1 unspecified atom stereocenters. The Morgan fingerprint density at radius 2 is 2.06 bits per heavy atom. The first-order valence-corrected chi connectivity index (χ1v) is 12.3. The third-order valence-electron chi connectivity index (χ3n) is 6.06. The maximum Gasteiger partial charge on any atom is 0.338 e. The number of nitrogens with zero attached hydrogens (tertiary/aromatic N) is 2. The third-order valence-corrected chi connectivity index (χ3v) is 6.95. The molecule has 0 fully saturated rings. The van der Waals surface area contributed by atoms with E-state index < -0.39 is 17.8 Å². The van der Waals surface area contributed by atoms with Crippen LogP contribution in [0.1, 0.15) is 36.9 Å². The molecule has 0 saturated carbocycles. The van der Waals surface area contributed by atoms with Crippen molar-refractivity contribution >= 4 is 28.8 Å². The van der Waals surface area contributed by atoms with Crippen LogP contribution in [0.25, 0.3) is 0 Å². The predicted octanol–water partition coefficient (Wildman–Crippen LogP) is 4.40. The topological polar surface area (TPSA) is 89.5 Å². The van der Waals surface area contributed by atoms with Crippen LogP contribution in [0.15, 0.2) is 69.8 Å². The second-order valence-electron chi connectivity index (χ2n) is 8.30. The van der Waals surface area contributed by atoms with Crippen LogP contribution in [0.4, 0.5) is 4.39 Å². The molecule has 1 atom stereocenters. The number of fused-ring (bicyclic) bond motifs is 2. The number of benzene rings is 2. The van der Waals surface area contributed by atoms with Crippen molar-refractivity contribution in [2.75, 3.05) is 13.9 Å². The summed E-state index contributed by atoms with van der Waals surface area (Å²) in [4.78, 5) is 32.3. The molecule has 0 radical (unpaired) electrons. The fourth-order valence-corrected chi connectivity index (χ4v) is 5.32. The zero-order valence-electron chi connectivity index (χ0n) is 19.7. The SMILES string of the molecule is CCC1=C(C(=O)OC)C(c2cccc(F)c2)N2C(CC(=O)NCc3ccc4c(c3)OCO4)=CSC2=N1. The van der Waals surface area contributed by atoms with Crippen LogP contribution in [-0.2, 0) is 20.9 Å². The largest absolute Gasteiger partial charge is 0.466 e. The second kappa shape index (κ2) is 10.1. The van der Waals surface area contributed by atoms with Crippen molar-refractivity contribution < 1.29 is 28.2 Å². The summed E-state index contributed by atoms with van der Waals surface area (Å²) in [5.41, 5.74) is 3.03. The maximum atomic E-state index is 14.2. The lowest BCUT2D eigenvalue weighted by Gasteiger charge is -2.36. The summed E-state index contributed by atoms with van der Waals surface area (Å²) < 4.78 is 30.0. The van der Waals surface area contributed by atoms with Crippen molar-refractivity contribution in [2.24, 2.45) is 4.99 Å². The van der Waals surface area contributed by atoms with Crippen LogP contribution in [0.5, 0.6) is 11.5 Å². The van der Waals surface area contributed by atoms with Gasteiger partial charge in [-0.15, -0.1) is 0 Å². The number of nitrogens with one attached hydrogen (secondary N) is 1. The number of hydrogen-bond acceptors (Lipinski definition) is 8. The summed E-state index contributed by atoms with van der Waals surface area (Å²) in [6.07, 6.45) is 0.553. The Kier molecular flexibility index (Phi) is 6.69. The standard InChI is InChI=1S/C26H24FN3O5S/c1-3-19-23(25(32)33-2)24(16-5-4-6-17(27)10-16)30-18(13-36-26(30)29-19)11-22(31)28-12-15-7-8-20-21(9-15)35-14-34-20/h4-10,13,24H,3,11-12,14H2,1-2H3,(H,28,31). The number of allylic oxidation sites excluding steroid dienone is 1. The van der Waals surface area contributed by atoms with Crippen molar-refractivity contribution in [3.8, 4) is 11.5 Å². The molecule has 3 heterocycles. The van der Waals surface area contributed by atoms with E-state index in [-0.39, 0.29) is 19.1 Å². The highest BCUT2D eigenvalue weighted by molar-refractivity contribution is 8.16. The molecule has 10 heteroatoms. The number of rotatable bonds is 7. The summed E-state index contributed by atoms with van der Waals surface area (Å²) in [6, 6.07) is 10.9. The lowest BCUT2D eigenvalue weighted by molar-refractivity contribution is -0.136. The zero-order valence-corrected chi connectivity index (χ0v) is 20.6. The summed E-state index contributed by atoms with van der Waals surface area (Å²) >= 11 is 1.37. The molecular formula is C26H24FN3O5S. The molecule has 0 spiro atoms. The van der Waals surface area contributed by atoms with Crippen molar-refractivity contribution in [3.63, 3.8) is 0 Å². The molecule has 36 heavy (non-hydrogen) atoms. The van der Waals surface area contributed by atoms with Crippen LogP contribution >= 0.6 is 11.8 Å². The number of halogens is 1. The molecule has 0 bridgehead atoms. The van der Waals surface area contributed by atoms with E-state index in [0.29, 0.717) is 52.2 Å². The molecule has 1 amide bonds. The van der Waals surface area contributed by atoms with Crippen LogP contribution in [-0.4, -0.2) is 35.8 Å². The molecule has 186 valence electrons. The highest BCUT2D eigenvalue weighted by Gasteiger charge is 2.41. The van der Waals surface area contributed by atoms with Gasteiger partial charge in [0, 0.05) is 12.2 Å². The summed E-state index contributed by atoms with van der Waals surface area (Å²) in [5.74, 6) is 0.172. The minimum absolute atomic E-state index is 0.0539. The van der Waals surface area contributed by atoms with Gasteiger partial charge in [0.15, 0.2) is 16.7 Å². The fraction of sp³-hybridized carbons (Fsp3) is 0.269. The van der Waals surface area contributed by atoms with Crippen molar-refractivity contribution in [1.82, 2.24) is 10.2 Å². The van der Waals surface area contributed by atoms with Crippen LogP contribution in [0.2, 0.25) is 0 Å². The minimum Gasteiger partial charge on any atom is -0.466 e. The van der Waals surface area contributed by atoms with Crippen LogP contribution < -0.4 is 14.8 Å². The van der Waals surface area contributed by atoms with E-state index in [1.807, 2.05) is 35.4 Å². The predicted molar refractivity (Wildman–Crippen MR) is 132 cm³/mol. The number of amides is 1. The molecule has 0 aliphatic carbocycles. The van der Waals surface area contributed by atoms with Crippen molar-refractivity contribution in [2.45, 2.75) is 32.4 Å². The maximum absolute atomic E-state index is 14.2. The van der Waals surface area contributed by atoms with Crippen molar-refractivity contribution in [1.29, 1.82) is 0 Å². The number of aliphatic imine (C=N–C) groups is 1. The fourth-order valence-electron chi connectivity index (χ4n) is 4.38. The van der Waals surface area contributed by atoms with Crippen LogP contribution in [0, 0.1) is 5.82 Å². The molecule has 8 nitrogen and oxygen atoms in total. The molecule has 0 saturated heterocycles. The van der Waals surface area contributed by atoms with E-state index in [0.717, 1.165) is 5.56 Å². The van der Waals surface area contributed by atoms with Gasteiger partial charge in [0.2, 0.25) is 12.7 Å². The lowest BCUT2D eigenvalue weighted by Crippen LogP contribution is -2.38. The van der Waals surface area contributed by atoms with Gasteiger partial charge in [-0.05, 0) is 47.2 Å². The summed E-state index contributed by atoms with van der Waals surface area (Å²) in [7, 11) is 1.31. The monoisotopic (exact) mass is 509 g/mol. The highest BCUT2D eigenvalue weighted by Crippen LogP contribution is 2.45. The number of thioether (sulfide) groups is 1. The molecule has 2 aromatic carbocycles. The second-order valence-corrected chi connectivity index (χ2v) is 9.13. The van der Waals surface area contributed by atoms with E-state index in [1.165, 1.54) is 31.0 Å². The van der Waals surface area contributed by atoms with Gasteiger partial charge in [-0.3, -0.25) is 4.79 Å². The number of hydrogen-bond donors (Lipinski definition) is 1. The van der Waals surface area contributed by atoms with Gasteiger partial charge in [-0.1, -0.05) is 36.9 Å². The number of esters is 1. The lowest BCUT2D eigenvalue weighted by atomic mass is 9.93. The average molecular weight is 510 g/mol. The Hall–Kier alpha value is -3.79. The van der Waals surface area contributed by atoms with Gasteiger partial charge in [0.1, 0.15) is 5.82 Å². The van der Waals surface area contributed by atoms with Crippen LogP contribution in [0.3, 0.4) is 0 Å². The van der Waals surface area contributed by atoms with E-state index in [9.17, 15) is 14.0 Å². The number of methoxy groups -OCH3 is 1. The average Bonchev–Trinajstić information content (AvgIpc) is 3.52. The molecule has 1 N–H and O–H groups in total. The summed E-state index contributed by atoms with van der Waals surface area (Å²) in [6.45, 7) is 2.40. The van der Waals surface area contributed by atoms with Gasteiger partial charge in [-0.25, -0.2) is 14.2 Å². The van der Waals surface area contributed by atoms with E-state index >= 15 is 0 Å². The Morgan fingerprint density at radius 1 is 1.22 bits per heavy atom. The molecule has 2 aromatic rings. The molecular weight excluding hydrogens is 485 g/mol. The Morgan fingerprint density at radius 3 is 2.83 bits per heavy atom. The Labute approximate surface area is 211 Å². The molecule has 3 aliphatic rings. The Bertz CT molecular complexity index is 1320. The molecule has 0 aromatic heterocycles. The first kappa shape index (κ1) is 23.9. The number of carbonyl (C=O) groups is 2. The number of amidine groups is 1. The number of carbonyl (C=O) groups excluding carboxylic acids is 2. The van der Waals surface area contributed by atoms with Gasteiger partial charge in [0.05, 0.1) is 30.8 Å². The normalized spacial score (nSPS) is 18.0. The van der Waals surface area contributed by atoms with E-state index in [4.69, 9.17) is 14.2 Å². The van der Waals surface area contributed by atoms with Gasteiger partial charge < -0.3 is 24.4 Å². The van der Waals surface area contributed by atoms with Gasteiger partial charge >= 0.3 is 5.97 Å². The minimum atomic E-state index is -0.668. The van der Waals surface area contributed by atoms with E-state index in [1.54, 1.807) is 12.1 Å². The summed E-state index contributed by atoms with van der Waals surface area (Å²) in [5, 5.41) is 5.40. The van der Waals surface area contributed by atoms with E-state index in [2.05, 4.69) is 10.3 Å². The number of ether oxygens (including phenoxy) is 3. The first-order chi connectivity index (χ1) is 17.5.